The van der Waals surface area contributed by atoms with Crippen molar-refractivity contribution in [3.05, 3.63) is 101 Å². The van der Waals surface area contributed by atoms with Crippen molar-refractivity contribution >= 4 is 22.7 Å². The lowest BCUT2D eigenvalue weighted by Gasteiger charge is -2.27. The Kier molecular flexibility index (Phi) is 6.31. The Labute approximate surface area is 213 Å². The lowest BCUT2D eigenvalue weighted by Crippen LogP contribution is -2.30. The molecule has 8 heteroatoms. The fourth-order valence-corrected chi connectivity index (χ4v) is 4.58. The van der Waals surface area contributed by atoms with Crippen LogP contribution in [0, 0.1) is 0 Å². The minimum Gasteiger partial charge on any atom is -0.503 e. The molecule has 0 spiro atoms. The zero-order chi connectivity index (χ0) is 26.1. The Morgan fingerprint density at radius 1 is 0.919 bits per heavy atom. The van der Waals surface area contributed by atoms with Crippen molar-refractivity contribution in [2.75, 3.05) is 21.3 Å². The van der Waals surface area contributed by atoms with Gasteiger partial charge in [-0.3, -0.25) is 9.59 Å². The van der Waals surface area contributed by atoms with E-state index in [-0.39, 0.29) is 17.9 Å². The second-order valence-corrected chi connectivity index (χ2v) is 8.54. The van der Waals surface area contributed by atoms with E-state index < -0.39 is 23.5 Å². The number of hydrogen-bond donors (Lipinski definition) is 1. The molecule has 1 atom stereocenters. The van der Waals surface area contributed by atoms with Crippen molar-refractivity contribution in [2.45, 2.75) is 12.6 Å². The Bertz CT molecular complexity index is 1480. The van der Waals surface area contributed by atoms with Crippen molar-refractivity contribution < 1.29 is 33.3 Å². The van der Waals surface area contributed by atoms with Gasteiger partial charge in [-0.2, -0.15) is 0 Å². The summed E-state index contributed by atoms with van der Waals surface area (Å²) in [4.78, 5) is 28.5. The molecular weight excluding hydrogens is 474 g/mol. The molecule has 8 nitrogen and oxygen atoms in total. The van der Waals surface area contributed by atoms with Crippen molar-refractivity contribution in [1.82, 2.24) is 4.90 Å². The van der Waals surface area contributed by atoms with Gasteiger partial charge in [-0.1, -0.05) is 36.4 Å². The first kappa shape index (κ1) is 24.0. The van der Waals surface area contributed by atoms with E-state index in [0.717, 1.165) is 10.9 Å². The van der Waals surface area contributed by atoms with Crippen molar-refractivity contribution in [3.63, 3.8) is 0 Å². The number of fused-ring (bicyclic) bond motifs is 1. The van der Waals surface area contributed by atoms with Crippen molar-refractivity contribution in [1.29, 1.82) is 0 Å². The van der Waals surface area contributed by atoms with E-state index >= 15 is 0 Å². The van der Waals surface area contributed by atoms with Crippen LogP contribution in [0.2, 0.25) is 0 Å². The number of hydrogen-bond acceptors (Lipinski definition) is 7. The molecule has 5 rings (SSSR count). The van der Waals surface area contributed by atoms with Gasteiger partial charge in [-0.05, 0) is 47.5 Å². The molecule has 0 radical (unpaired) electrons. The Balaban J connectivity index is 1.58. The summed E-state index contributed by atoms with van der Waals surface area (Å²) in [5.74, 6) is -0.102. The standard InChI is InChI=1S/C29H25NO7/c1-34-20-11-9-18(10-12-20)26-25(27(31)24-15-19-6-4-5-7-21(19)37-24)28(32)29(33)30(26)16-17-8-13-22(35-2)23(14-17)36-3/h4-15,26,32H,16H2,1-3H3. The Hall–Kier alpha value is -4.72. The monoisotopic (exact) mass is 499 g/mol. The number of Topliss-reactive ketones (excluding diaryl/α,β-unsaturated/α-hetero) is 1. The number of rotatable bonds is 8. The summed E-state index contributed by atoms with van der Waals surface area (Å²) in [5.41, 5.74) is 1.86. The molecule has 0 saturated heterocycles. The summed E-state index contributed by atoms with van der Waals surface area (Å²) < 4.78 is 21.8. The SMILES string of the molecule is COc1ccc(C2C(C(=O)c3cc4ccccc4o3)=C(O)C(=O)N2Cc2ccc(OC)c(OC)c2)cc1. The number of methoxy groups -OCH3 is 3. The van der Waals surface area contributed by atoms with Crippen LogP contribution in [0.4, 0.5) is 0 Å². The van der Waals surface area contributed by atoms with Crippen LogP contribution < -0.4 is 14.2 Å². The number of para-hydroxylation sites is 1. The van der Waals surface area contributed by atoms with Crippen LogP contribution in [0.3, 0.4) is 0 Å². The van der Waals surface area contributed by atoms with Gasteiger partial charge >= 0.3 is 0 Å². The second kappa shape index (κ2) is 9.73. The lowest BCUT2D eigenvalue weighted by atomic mass is 9.94. The van der Waals surface area contributed by atoms with E-state index in [1.54, 1.807) is 74.9 Å². The van der Waals surface area contributed by atoms with Gasteiger partial charge < -0.3 is 28.6 Å². The molecule has 0 bridgehead atoms. The third-order valence-electron chi connectivity index (χ3n) is 6.43. The zero-order valence-electron chi connectivity index (χ0n) is 20.6. The van der Waals surface area contributed by atoms with Crippen LogP contribution in [0.15, 0.2) is 88.5 Å². The third-order valence-corrected chi connectivity index (χ3v) is 6.43. The minimum absolute atomic E-state index is 0.0435. The number of benzene rings is 3. The van der Waals surface area contributed by atoms with Gasteiger partial charge in [-0.15, -0.1) is 0 Å². The Morgan fingerprint density at radius 2 is 1.65 bits per heavy atom. The number of nitrogens with zero attached hydrogens (tertiary/aromatic N) is 1. The van der Waals surface area contributed by atoms with E-state index in [1.165, 1.54) is 12.0 Å². The van der Waals surface area contributed by atoms with Crippen LogP contribution >= 0.6 is 0 Å². The summed E-state index contributed by atoms with van der Waals surface area (Å²) in [5, 5.41) is 11.7. The maximum atomic E-state index is 13.7. The molecule has 2 heterocycles. The molecule has 37 heavy (non-hydrogen) atoms. The summed E-state index contributed by atoms with van der Waals surface area (Å²) in [6.07, 6.45) is 0. The van der Waals surface area contributed by atoms with Crippen LogP contribution in [-0.2, 0) is 11.3 Å². The van der Waals surface area contributed by atoms with Crippen LogP contribution in [0.25, 0.3) is 11.0 Å². The molecule has 1 unspecified atom stereocenters. The van der Waals surface area contributed by atoms with Crippen LogP contribution in [0.5, 0.6) is 17.2 Å². The van der Waals surface area contributed by atoms with Crippen molar-refractivity contribution in [2.24, 2.45) is 0 Å². The molecule has 0 aliphatic carbocycles. The molecule has 4 aromatic rings. The highest BCUT2D eigenvalue weighted by atomic mass is 16.5. The molecule has 3 aromatic carbocycles. The van der Waals surface area contributed by atoms with Crippen LogP contribution in [0.1, 0.15) is 27.7 Å². The topological polar surface area (TPSA) is 98.4 Å². The highest BCUT2D eigenvalue weighted by Gasteiger charge is 2.44. The van der Waals surface area contributed by atoms with Gasteiger partial charge in [0.1, 0.15) is 11.3 Å². The molecule has 0 fully saturated rings. The summed E-state index contributed by atoms with van der Waals surface area (Å²) >= 11 is 0. The van der Waals surface area contributed by atoms with Gasteiger partial charge in [-0.25, -0.2) is 0 Å². The van der Waals surface area contributed by atoms with E-state index in [9.17, 15) is 14.7 Å². The fraction of sp³-hybridized carbons (Fsp3) is 0.172. The summed E-state index contributed by atoms with van der Waals surface area (Å²) in [6, 6.07) is 20.3. The first-order valence-electron chi connectivity index (χ1n) is 11.6. The number of carbonyl (C=O) groups is 2. The molecule has 0 saturated carbocycles. The Morgan fingerprint density at radius 3 is 2.32 bits per heavy atom. The molecule has 1 amide bonds. The number of ketones is 1. The van der Waals surface area contributed by atoms with E-state index in [4.69, 9.17) is 18.6 Å². The number of amides is 1. The lowest BCUT2D eigenvalue weighted by molar-refractivity contribution is -0.130. The molecule has 1 aliphatic rings. The zero-order valence-corrected chi connectivity index (χ0v) is 20.6. The van der Waals surface area contributed by atoms with Gasteiger partial charge in [0.15, 0.2) is 23.0 Å². The normalized spacial score (nSPS) is 15.4. The van der Waals surface area contributed by atoms with Crippen molar-refractivity contribution in [3.8, 4) is 17.2 Å². The number of ether oxygens (including phenoxy) is 3. The van der Waals surface area contributed by atoms with E-state index in [2.05, 4.69) is 0 Å². The maximum absolute atomic E-state index is 13.7. The minimum atomic E-state index is -0.854. The summed E-state index contributed by atoms with van der Waals surface area (Å²) in [7, 11) is 4.62. The fourth-order valence-electron chi connectivity index (χ4n) is 4.58. The summed E-state index contributed by atoms with van der Waals surface area (Å²) in [6.45, 7) is 0.108. The predicted molar refractivity (Wildman–Crippen MR) is 136 cm³/mol. The van der Waals surface area contributed by atoms with Crippen LogP contribution in [-0.4, -0.2) is 43.0 Å². The largest absolute Gasteiger partial charge is 0.503 e. The van der Waals surface area contributed by atoms with Gasteiger partial charge in [0, 0.05) is 11.9 Å². The predicted octanol–water partition coefficient (Wildman–Crippen LogP) is 5.24. The second-order valence-electron chi connectivity index (χ2n) is 8.54. The molecular formula is C29H25NO7. The van der Waals surface area contributed by atoms with Gasteiger partial charge in [0.05, 0.1) is 32.9 Å². The van der Waals surface area contributed by atoms with E-state index in [0.29, 0.717) is 28.4 Å². The maximum Gasteiger partial charge on any atom is 0.290 e. The number of furan rings is 1. The smallest absolute Gasteiger partial charge is 0.290 e. The first-order chi connectivity index (χ1) is 17.9. The molecule has 1 aliphatic heterocycles. The molecule has 188 valence electrons. The quantitative estimate of drug-likeness (QED) is 0.331. The van der Waals surface area contributed by atoms with E-state index in [1.807, 2.05) is 12.1 Å². The average Bonchev–Trinajstić information content (AvgIpc) is 3.47. The third kappa shape index (κ3) is 4.27. The number of carbonyl (C=O) groups excluding carboxylic acids is 2. The number of aliphatic hydroxyl groups is 1. The number of aliphatic hydroxyl groups excluding tert-OH is 1. The molecule has 1 N–H and O–H groups in total. The highest BCUT2D eigenvalue weighted by molar-refractivity contribution is 6.16. The average molecular weight is 500 g/mol. The van der Waals surface area contributed by atoms with Gasteiger partial charge in [0.25, 0.3) is 5.91 Å². The highest BCUT2D eigenvalue weighted by Crippen LogP contribution is 2.41. The molecule has 1 aromatic heterocycles. The first-order valence-corrected chi connectivity index (χ1v) is 11.6. The van der Waals surface area contributed by atoms with Gasteiger partial charge in [0.2, 0.25) is 5.78 Å².